The van der Waals surface area contributed by atoms with Gasteiger partial charge in [0, 0.05) is 23.0 Å². The molecule has 0 N–H and O–H groups in total. The first-order valence-corrected chi connectivity index (χ1v) is 33.0. The number of fused-ring (bicyclic) bond motifs is 7. The molecule has 1 aliphatic heterocycles. The summed E-state index contributed by atoms with van der Waals surface area (Å²) in [5.41, 5.74) is 25.1. The van der Waals surface area contributed by atoms with E-state index in [4.69, 9.17) is 9.72 Å². The first kappa shape index (κ1) is 59.7. The van der Waals surface area contributed by atoms with Crippen molar-refractivity contribution in [3.63, 3.8) is 0 Å². The third kappa shape index (κ3) is 11.1. The van der Waals surface area contributed by atoms with Gasteiger partial charge in [0.2, 0.25) is 0 Å². The SMILES string of the molecule is Cc1cc(N2c3ccccc3-c3cc(C(C)(C)C)ccc3N(c3ccccc3)c3ccc(C(C)(C)C)cc3-c3ccc(Oc4cccc(-n5[c](=[Pt])n(-c6c(-c7ccccc7)cccc6-c6ccccc6)c6ccccc65)c4)cc32)ncc1-c1ccc(C(C)(C)C)cc1. The fraction of sp³-hybridized carbons (Fsp3) is 0.153. The normalized spacial score (nSPS) is 12.5. The first-order valence-electron chi connectivity index (χ1n) is 31.8. The molecule has 456 valence electrons. The van der Waals surface area contributed by atoms with Crippen molar-refractivity contribution in [2.75, 3.05) is 9.80 Å². The minimum atomic E-state index is -0.167. The number of imidazole rings is 1. The van der Waals surface area contributed by atoms with E-state index in [-0.39, 0.29) is 16.2 Å². The van der Waals surface area contributed by atoms with Crippen molar-refractivity contribution in [2.24, 2.45) is 0 Å². The molecule has 0 saturated heterocycles. The number of para-hydroxylation sites is 5. The zero-order chi connectivity index (χ0) is 63.6. The predicted molar refractivity (Wildman–Crippen MR) is 381 cm³/mol. The van der Waals surface area contributed by atoms with Crippen LogP contribution in [0.4, 0.5) is 34.3 Å². The second-order valence-electron chi connectivity index (χ2n) is 27.3. The Labute approximate surface area is 552 Å². The molecule has 13 aromatic rings. The number of hydrogen-bond donors (Lipinski definition) is 0. The molecule has 0 atom stereocenters. The Bertz CT molecular complexity index is 4930. The summed E-state index contributed by atoms with van der Waals surface area (Å²) in [6, 6.07) is 97.1. The van der Waals surface area contributed by atoms with Gasteiger partial charge in [0.1, 0.15) is 0 Å². The summed E-state index contributed by atoms with van der Waals surface area (Å²) >= 11 is 2.53. The molecular formula is C85H75N5OPt. The second-order valence-corrected chi connectivity index (χ2v) is 28.3. The Morgan fingerprint density at radius 1 is 0.337 bits per heavy atom. The summed E-state index contributed by atoms with van der Waals surface area (Å²) in [5.74, 6) is 2.18. The van der Waals surface area contributed by atoms with Crippen LogP contribution < -0.4 is 14.5 Å². The van der Waals surface area contributed by atoms with Crippen LogP contribution >= 0.6 is 0 Å². The number of ether oxygens (including phenoxy) is 1. The smallest absolute Gasteiger partial charge is 0.0579 e. The van der Waals surface area contributed by atoms with Crippen LogP contribution in [0.5, 0.6) is 11.5 Å². The van der Waals surface area contributed by atoms with E-state index in [9.17, 15) is 0 Å². The van der Waals surface area contributed by atoms with Gasteiger partial charge in [0.05, 0.1) is 5.69 Å². The topological polar surface area (TPSA) is 38.5 Å². The zero-order valence-corrected chi connectivity index (χ0v) is 56.2. The number of benzene rings is 11. The number of aromatic nitrogens is 3. The standard InChI is InChI=1S/C85H75N5O.Pt/c1-57-50-81(86-55-74(57)60-40-42-61(43-41-60)83(2,3)4)90-75-37-21-20-34-70(75)72-51-62(84(5,6)7)44-48-76(72)89(64-30-18-13-19-31-64)77-49-45-63(85(8,9)10)52-73(77)71-47-46-67(54-80(71)90)91-66-33-24-32-65(53-66)87-56-88(79-39-23-22-38-78(79)87)82-68(58-26-14-11-15-27-58)35-25-36-69(82)59-28-16-12-17-29-59;/h11-55H,1-10H3;. The Kier molecular flexibility index (Phi) is 15.4. The Balaban J connectivity index is 0.989. The summed E-state index contributed by atoms with van der Waals surface area (Å²) in [6.07, 6.45) is 2.07. The Morgan fingerprint density at radius 3 is 1.39 bits per heavy atom. The number of rotatable bonds is 9. The van der Waals surface area contributed by atoms with Gasteiger partial charge < -0.3 is 4.90 Å². The second kappa shape index (κ2) is 23.7. The Morgan fingerprint density at radius 2 is 0.804 bits per heavy atom. The molecule has 3 heterocycles. The summed E-state index contributed by atoms with van der Waals surface area (Å²) in [6.45, 7) is 22.8. The van der Waals surface area contributed by atoms with Crippen molar-refractivity contribution in [3.05, 3.63) is 299 Å². The van der Waals surface area contributed by atoms with Crippen molar-refractivity contribution in [1.82, 2.24) is 14.1 Å². The fourth-order valence-electron chi connectivity index (χ4n) is 13.1. The van der Waals surface area contributed by atoms with Gasteiger partial charge in [-0.15, -0.1) is 0 Å². The van der Waals surface area contributed by atoms with E-state index in [2.05, 4.69) is 381 Å². The van der Waals surface area contributed by atoms with Gasteiger partial charge in [-0.2, -0.15) is 0 Å². The molecule has 14 rings (SSSR count). The average molecular weight is 1380 g/mol. The van der Waals surface area contributed by atoms with Crippen molar-refractivity contribution in [1.29, 1.82) is 0 Å². The van der Waals surface area contributed by atoms with E-state index in [1.54, 1.807) is 0 Å². The molecule has 7 heteroatoms. The number of pyridine rings is 1. The summed E-state index contributed by atoms with van der Waals surface area (Å²) in [5, 5.41) is 0. The third-order valence-corrected chi connectivity index (χ3v) is 19.0. The van der Waals surface area contributed by atoms with Gasteiger partial charge in [-0.05, 0) is 81.3 Å². The van der Waals surface area contributed by atoms with Crippen LogP contribution in [0.25, 0.3) is 78.0 Å². The maximum atomic E-state index is 7.32. The molecule has 0 saturated carbocycles. The van der Waals surface area contributed by atoms with E-state index >= 15 is 0 Å². The fourth-order valence-corrected chi connectivity index (χ4v) is 14.2. The minimum absolute atomic E-state index is 0.0328. The molecule has 2 aromatic heterocycles. The van der Waals surface area contributed by atoms with Crippen LogP contribution in [-0.4, -0.2) is 14.1 Å². The summed E-state index contributed by atoms with van der Waals surface area (Å²) < 4.78 is 13.1. The molecule has 0 amide bonds. The van der Waals surface area contributed by atoms with Gasteiger partial charge in [-0.25, -0.2) is 0 Å². The zero-order valence-electron chi connectivity index (χ0n) is 53.9. The van der Waals surface area contributed by atoms with Gasteiger partial charge in [0.15, 0.2) is 0 Å². The molecule has 0 bridgehead atoms. The first-order chi connectivity index (χ1) is 44.4. The van der Waals surface area contributed by atoms with E-state index in [1.807, 2.05) is 0 Å². The summed E-state index contributed by atoms with van der Waals surface area (Å²) in [4.78, 5) is 10.4. The van der Waals surface area contributed by atoms with Gasteiger partial charge in [-0.3, -0.25) is 0 Å². The van der Waals surface area contributed by atoms with Crippen LogP contribution in [0.2, 0.25) is 0 Å². The van der Waals surface area contributed by atoms with Crippen LogP contribution in [0, 0.1) is 10.7 Å². The van der Waals surface area contributed by atoms with Crippen LogP contribution in [-0.2, 0) is 35.6 Å². The minimum Gasteiger partial charge on any atom is -0.0579 e. The number of anilines is 6. The third-order valence-electron chi connectivity index (χ3n) is 18.0. The molecule has 6 nitrogen and oxygen atoms in total. The quantitative estimate of drug-likeness (QED) is 0.144. The maximum absolute atomic E-state index is 7.32. The molecule has 0 radical (unpaired) electrons. The van der Waals surface area contributed by atoms with Crippen molar-refractivity contribution >= 4 is 45.3 Å². The van der Waals surface area contributed by atoms with Crippen molar-refractivity contribution < 1.29 is 24.1 Å². The molecule has 92 heavy (non-hydrogen) atoms. The molecule has 0 aliphatic carbocycles. The molecule has 11 aromatic carbocycles. The number of aryl methyl sites for hydroxylation is 1. The average Bonchev–Trinajstić information content (AvgIpc) is 1.35. The number of hydrogen-bond acceptors (Lipinski definition) is 4. The summed E-state index contributed by atoms with van der Waals surface area (Å²) in [7, 11) is 0. The van der Waals surface area contributed by atoms with E-state index in [0.717, 1.165) is 122 Å². The van der Waals surface area contributed by atoms with Gasteiger partial charge >= 0.3 is 306 Å². The molecule has 1 aliphatic rings. The number of nitrogens with zero attached hydrogens (tertiary/aromatic N) is 5. The van der Waals surface area contributed by atoms with Crippen LogP contribution in [0.3, 0.4) is 0 Å². The Hall–Kier alpha value is -9.87. The van der Waals surface area contributed by atoms with Crippen molar-refractivity contribution in [3.8, 4) is 78.5 Å². The predicted octanol–water partition coefficient (Wildman–Crippen LogP) is 23.5. The van der Waals surface area contributed by atoms with E-state index in [0.29, 0.717) is 11.5 Å². The van der Waals surface area contributed by atoms with E-state index < -0.39 is 0 Å². The van der Waals surface area contributed by atoms with Gasteiger partial charge in [-0.1, -0.05) is 135 Å². The molecule has 0 fully saturated rings. The van der Waals surface area contributed by atoms with Crippen LogP contribution in [0.15, 0.2) is 273 Å². The van der Waals surface area contributed by atoms with Crippen LogP contribution in [0.1, 0.15) is 84.6 Å². The molecule has 0 spiro atoms. The van der Waals surface area contributed by atoms with Gasteiger partial charge in [0.25, 0.3) is 0 Å². The molecular weight excluding hydrogens is 1300 g/mol. The molecule has 0 unspecified atom stereocenters. The van der Waals surface area contributed by atoms with Crippen molar-refractivity contribution in [2.45, 2.75) is 85.5 Å². The van der Waals surface area contributed by atoms with E-state index in [1.165, 1.54) is 16.7 Å². The monoisotopic (exact) mass is 1380 g/mol.